The van der Waals surface area contributed by atoms with Gasteiger partial charge in [0.15, 0.2) is 5.75 Å². The number of benzene rings is 2. The van der Waals surface area contributed by atoms with Gasteiger partial charge in [0.2, 0.25) is 0 Å². The van der Waals surface area contributed by atoms with Crippen molar-refractivity contribution in [2.24, 2.45) is 0 Å². The number of para-hydroxylation sites is 3. The number of nitrogens with zero attached hydrogens (tertiary/aromatic N) is 1. The highest BCUT2D eigenvalue weighted by Gasteiger charge is 2.13. The third-order valence-electron chi connectivity index (χ3n) is 3.52. The van der Waals surface area contributed by atoms with E-state index in [1.165, 1.54) is 6.08 Å². The summed E-state index contributed by atoms with van der Waals surface area (Å²) in [4.78, 5) is 12.5. The van der Waals surface area contributed by atoms with Gasteiger partial charge >= 0.3 is 0 Å². The van der Waals surface area contributed by atoms with Crippen LogP contribution in [0.3, 0.4) is 0 Å². The van der Waals surface area contributed by atoms with E-state index in [0.717, 1.165) is 0 Å². The number of anilines is 1. The smallest absolute Gasteiger partial charge is 0.266 e. The Balaban J connectivity index is 1.81. The molecule has 0 aliphatic rings. The Labute approximate surface area is 151 Å². The van der Waals surface area contributed by atoms with Gasteiger partial charge < -0.3 is 14.5 Å². The van der Waals surface area contributed by atoms with E-state index in [2.05, 4.69) is 5.32 Å². The van der Waals surface area contributed by atoms with Crippen molar-refractivity contribution in [1.82, 2.24) is 0 Å². The van der Waals surface area contributed by atoms with E-state index in [0.29, 0.717) is 28.7 Å². The lowest BCUT2D eigenvalue weighted by Crippen LogP contribution is -2.14. The molecule has 0 fully saturated rings. The summed E-state index contributed by atoms with van der Waals surface area (Å²) in [7, 11) is 0. The minimum absolute atomic E-state index is 0.0612. The molecule has 0 bridgehead atoms. The molecule has 3 aromatic rings. The number of hydrogen-bond donors (Lipinski definition) is 1. The first-order chi connectivity index (χ1) is 12.7. The highest BCUT2D eigenvalue weighted by atomic mass is 16.5. The van der Waals surface area contributed by atoms with Crippen LogP contribution in [-0.2, 0) is 4.79 Å². The molecule has 0 aliphatic heterocycles. The van der Waals surface area contributed by atoms with Gasteiger partial charge in [-0.15, -0.1) is 0 Å². The zero-order chi connectivity index (χ0) is 18.4. The van der Waals surface area contributed by atoms with Crippen molar-refractivity contribution in [1.29, 1.82) is 5.26 Å². The molecule has 1 amide bonds. The fourth-order valence-corrected chi connectivity index (χ4v) is 2.29. The molecule has 0 radical (unpaired) electrons. The highest BCUT2D eigenvalue weighted by Crippen LogP contribution is 2.29. The number of nitrogens with one attached hydrogen (secondary N) is 1. The molecule has 3 rings (SSSR count). The van der Waals surface area contributed by atoms with Gasteiger partial charge in [-0.1, -0.05) is 30.3 Å². The Hall–Kier alpha value is -3.78. The molecule has 1 N–H and O–H groups in total. The predicted molar refractivity (Wildman–Crippen MR) is 98.6 cm³/mol. The van der Waals surface area contributed by atoms with Crippen molar-refractivity contribution < 1.29 is 13.9 Å². The van der Waals surface area contributed by atoms with Gasteiger partial charge in [0.1, 0.15) is 28.9 Å². The summed E-state index contributed by atoms with van der Waals surface area (Å²) in [6, 6.07) is 21.6. The maximum Gasteiger partial charge on any atom is 0.266 e. The number of furan rings is 1. The molecule has 0 saturated carbocycles. The van der Waals surface area contributed by atoms with Crippen molar-refractivity contribution in [2.45, 2.75) is 6.92 Å². The summed E-state index contributed by atoms with van der Waals surface area (Å²) < 4.78 is 11.2. The average molecular weight is 344 g/mol. The van der Waals surface area contributed by atoms with Gasteiger partial charge in [0, 0.05) is 6.08 Å². The topological polar surface area (TPSA) is 75.3 Å². The Morgan fingerprint density at radius 3 is 2.50 bits per heavy atom. The van der Waals surface area contributed by atoms with Gasteiger partial charge in [0.25, 0.3) is 5.91 Å². The van der Waals surface area contributed by atoms with E-state index >= 15 is 0 Å². The maximum atomic E-state index is 12.5. The first-order valence-electron chi connectivity index (χ1n) is 7.97. The van der Waals surface area contributed by atoms with Crippen molar-refractivity contribution in [3.05, 3.63) is 83.8 Å². The average Bonchev–Trinajstić information content (AvgIpc) is 3.07. The van der Waals surface area contributed by atoms with Crippen molar-refractivity contribution in [3.8, 4) is 17.6 Å². The molecular formula is C21H16N2O3. The molecule has 128 valence electrons. The van der Waals surface area contributed by atoms with Crippen LogP contribution < -0.4 is 10.1 Å². The monoisotopic (exact) mass is 344 g/mol. The molecule has 5 nitrogen and oxygen atoms in total. The quantitative estimate of drug-likeness (QED) is 0.526. The second-order valence-corrected chi connectivity index (χ2v) is 5.48. The lowest BCUT2D eigenvalue weighted by atomic mass is 10.2. The number of amides is 1. The first-order valence-corrected chi connectivity index (χ1v) is 7.97. The minimum atomic E-state index is -0.536. The van der Waals surface area contributed by atoms with E-state index in [1.54, 1.807) is 43.3 Å². The van der Waals surface area contributed by atoms with Crippen LogP contribution in [0.2, 0.25) is 0 Å². The van der Waals surface area contributed by atoms with E-state index in [4.69, 9.17) is 9.15 Å². The summed E-state index contributed by atoms with van der Waals surface area (Å²) >= 11 is 0. The Morgan fingerprint density at radius 1 is 1.08 bits per heavy atom. The number of ether oxygens (including phenoxy) is 1. The van der Waals surface area contributed by atoms with Crippen molar-refractivity contribution in [2.75, 3.05) is 5.32 Å². The SMILES string of the molecule is Cc1ccc(/C=C(\C#N)C(=O)Nc2ccccc2Oc2ccccc2)o1. The van der Waals surface area contributed by atoms with Gasteiger partial charge in [-0.25, -0.2) is 0 Å². The fraction of sp³-hybridized carbons (Fsp3) is 0.0476. The highest BCUT2D eigenvalue weighted by molar-refractivity contribution is 6.10. The molecule has 0 atom stereocenters. The van der Waals surface area contributed by atoms with Gasteiger partial charge in [-0.05, 0) is 43.3 Å². The van der Waals surface area contributed by atoms with E-state index in [-0.39, 0.29) is 5.57 Å². The molecule has 2 aromatic carbocycles. The number of carbonyl (C=O) groups excluding carboxylic acids is 1. The fourth-order valence-electron chi connectivity index (χ4n) is 2.29. The predicted octanol–water partition coefficient (Wildman–Crippen LogP) is 4.93. The van der Waals surface area contributed by atoms with Gasteiger partial charge in [-0.3, -0.25) is 4.79 Å². The Kier molecular flexibility index (Phi) is 5.16. The normalized spacial score (nSPS) is 10.8. The largest absolute Gasteiger partial charge is 0.462 e. The Morgan fingerprint density at radius 2 is 1.81 bits per heavy atom. The van der Waals surface area contributed by atoms with Crippen LogP contribution in [-0.4, -0.2) is 5.91 Å². The molecule has 1 heterocycles. The summed E-state index contributed by atoms with van der Waals surface area (Å²) in [6.07, 6.45) is 1.41. The number of carbonyl (C=O) groups is 1. The molecule has 0 saturated heterocycles. The number of nitriles is 1. The van der Waals surface area contributed by atoms with E-state index in [9.17, 15) is 10.1 Å². The van der Waals surface area contributed by atoms with Gasteiger partial charge in [-0.2, -0.15) is 5.26 Å². The molecule has 0 spiro atoms. The van der Waals surface area contributed by atoms with Crippen LogP contribution >= 0.6 is 0 Å². The third-order valence-corrected chi connectivity index (χ3v) is 3.52. The van der Waals surface area contributed by atoms with Crippen LogP contribution in [0.15, 0.2) is 76.7 Å². The molecule has 26 heavy (non-hydrogen) atoms. The standard InChI is InChI=1S/C21H16N2O3/c1-15-11-12-18(25-15)13-16(14-22)21(24)23-19-9-5-6-10-20(19)26-17-7-3-2-4-8-17/h2-13H,1H3,(H,23,24)/b16-13+. The van der Waals surface area contributed by atoms with Crippen LogP contribution in [0.25, 0.3) is 6.08 Å². The lowest BCUT2D eigenvalue weighted by molar-refractivity contribution is -0.112. The summed E-state index contributed by atoms with van der Waals surface area (Å²) in [5.41, 5.74) is 0.409. The van der Waals surface area contributed by atoms with Crippen LogP contribution in [0.4, 0.5) is 5.69 Å². The third kappa shape index (κ3) is 4.19. The molecule has 5 heteroatoms. The molecule has 1 aromatic heterocycles. The van der Waals surface area contributed by atoms with Crippen molar-refractivity contribution >= 4 is 17.7 Å². The van der Waals surface area contributed by atoms with E-state index < -0.39 is 5.91 Å². The van der Waals surface area contributed by atoms with Crippen LogP contribution in [0.5, 0.6) is 11.5 Å². The molecule has 0 unspecified atom stereocenters. The van der Waals surface area contributed by atoms with Crippen molar-refractivity contribution in [3.63, 3.8) is 0 Å². The Bertz CT molecular complexity index is 982. The van der Waals surface area contributed by atoms with Crippen LogP contribution in [0, 0.1) is 18.3 Å². The molecule has 0 aliphatic carbocycles. The second-order valence-electron chi connectivity index (χ2n) is 5.48. The van der Waals surface area contributed by atoms with Crippen LogP contribution in [0.1, 0.15) is 11.5 Å². The minimum Gasteiger partial charge on any atom is -0.462 e. The summed E-state index contributed by atoms with van der Waals surface area (Å²) in [5, 5.41) is 12.0. The van der Waals surface area contributed by atoms with E-state index in [1.807, 2.05) is 36.4 Å². The summed E-state index contributed by atoms with van der Waals surface area (Å²) in [6.45, 7) is 1.79. The van der Waals surface area contributed by atoms with Gasteiger partial charge in [0.05, 0.1) is 5.69 Å². The second kappa shape index (κ2) is 7.86. The zero-order valence-corrected chi connectivity index (χ0v) is 14.1. The number of aryl methyl sites for hydroxylation is 1. The number of rotatable bonds is 5. The number of hydrogen-bond acceptors (Lipinski definition) is 4. The summed E-state index contributed by atoms with van der Waals surface area (Å²) in [5.74, 6) is 1.75. The lowest BCUT2D eigenvalue weighted by Gasteiger charge is -2.11. The molecular weight excluding hydrogens is 328 g/mol. The first kappa shape index (κ1) is 17.1. The maximum absolute atomic E-state index is 12.5. The zero-order valence-electron chi connectivity index (χ0n) is 14.1.